The second kappa shape index (κ2) is 6.39. The van der Waals surface area contributed by atoms with Gasteiger partial charge in [-0.1, -0.05) is 0 Å². The van der Waals surface area contributed by atoms with Crippen molar-refractivity contribution in [2.45, 2.75) is 18.8 Å². The Morgan fingerprint density at radius 3 is 2.53 bits per heavy atom. The fourth-order valence-electron chi connectivity index (χ4n) is 1.38. The molecule has 0 radical (unpaired) electrons. The van der Waals surface area contributed by atoms with Gasteiger partial charge in [0, 0.05) is 11.6 Å². The zero-order valence-corrected chi connectivity index (χ0v) is 9.85. The molecule has 3 N–H and O–H groups in total. The number of benzene rings is 1. The van der Waals surface area contributed by atoms with Gasteiger partial charge in [-0.2, -0.15) is 8.78 Å². The molecule has 0 aromatic heterocycles. The number of rotatable bonds is 5. The Kier molecular flexibility index (Phi) is 5.13. The summed E-state index contributed by atoms with van der Waals surface area (Å²) in [6.45, 7) is -3.09. The van der Waals surface area contributed by atoms with E-state index in [0.717, 1.165) is 19.2 Å². The Labute approximate surface area is 106 Å². The first-order valence-corrected chi connectivity index (χ1v) is 5.12. The third-order valence-electron chi connectivity index (χ3n) is 2.33. The summed E-state index contributed by atoms with van der Waals surface area (Å²) in [6, 6.07) is 1.20. The molecule has 106 valence electrons. The van der Waals surface area contributed by atoms with E-state index in [-0.39, 0.29) is 5.56 Å². The minimum Gasteiger partial charge on any atom is -0.468 e. The van der Waals surface area contributed by atoms with Crippen LogP contribution in [0.2, 0.25) is 0 Å². The Balaban J connectivity index is 2.92. The average Bonchev–Trinajstić information content (AvgIpc) is 2.35. The highest BCUT2D eigenvalue weighted by Gasteiger charge is 2.27. The Bertz CT molecular complexity index is 456. The maximum absolute atomic E-state index is 13.6. The Morgan fingerprint density at radius 2 is 2.05 bits per heavy atom. The minimum atomic E-state index is -3.09. The first-order chi connectivity index (χ1) is 8.86. The number of carbonyl (C=O) groups is 1. The van der Waals surface area contributed by atoms with E-state index in [0.29, 0.717) is 6.07 Å². The molecule has 0 amide bonds. The lowest BCUT2D eigenvalue weighted by atomic mass is 10.0. The standard InChI is InChI=1S/C11H12F3NO4/c1-18-10(17)8(15)9(16)6-3-2-5(4-7(6)12)19-11(13)14/h2-4,8-9,11,16H,15H2,1H3/t8-,9+/m0/s1. The molecule has 0 aliphatic rings. The number of nitrogens with two attached hydrogens (primary N) is 1. The highest BCUT2D eigenvalue weighted by atomic mass is 19.3. The van der Waals surface area contributed by atoms with Crippen LogP contribution in [-0.4, -0.2) is 30.8 Å². The summed E-state index contributed by atoms with van der Waals surface area (Å²) in [4.78, 5) is 11.1. The van der Waals surface area contributed by atoms with Crippen molar-refractivity contribution in [1.29, 1.82) is 0 Å². The van der Waals surface area contributed by atoms with Gasteiger partial charge in [0.15, 0.2) is 0 Å². The number of esters is 1. The summed E-state index contributed by atoms with van der Waals surface area (Å²) in [5, 5.41) is 9.69. The molecule has 1 aromatic rings. The molecule has 0 unspecified atom stereocenters. The van der Waals surface area contributed by atoms with E-state index >= 15 is 0 Å². The van der Waals surface area contributed by atoms with Crippen LogP contribution in [0.25, 0.3) is 0 Å². The highest BCUT2D eigenvalue weighted by molar-refractivity contribution is 5.76. The molecule has 1 rings (SSSR count). The zero-order valence-electron chi connectivity index (χ0n) is 9.85. The number of hydrogen-bond acceptors (Lipinski definition) is 5. The van der Waals surface area contributed by atoms with Crippen LogP contribution < -0.4 is 10.5 Å². The zero-order chi connectivity index (χ0) is 14.6. The largest absolute Gasteiger partial charge is 0.468 e. The van der Waals surface area contributed by atoms with Gasteiger partial charge >= 0.3 is 12.6 Å². The van der Waals surface area contributed by atoms with E-state index in [1.165, 1.54) is 0 Å². The summed E-state index contributed by atoms with van der Waals surface area (Å²) in [5.74, 6) is -2.36. The van der Waals surface area contributed by atoms with Gasteiger partial charge in [-0.3, -0.25) is 4.79 Å². The number of carbonyl (C=O) groups excluding carboxylic acids is 1. The first-order valence-electron chi connectivity index (χ1n) is 5.12. The molecule has 0 aliphatic carbocycles. The first kappa shape index (κ1) is 15.3. The number of methoxy groups -OCH3 is 1. The predicted molar refractivity (Wildman–Crippen MR) is 58.0 cm³/mol. The molecule has 0 bridgehead atoms. The topological polar surface area (TPSA) is 81.8 Å². The van der Waals surface area contributed by atoms with Gasteiger partial charge in [-0.25, -0.2) is 4.39 Å². The maximum Gasteiger partial charge on any atom is 0.387 e. The van der Waals surface area contributed by atoms with Gasteiger partial charge in [0.1, 0.15) is 23.7 Å². The summed E-state index contributed by atoms with van der Waals surface area (Å²) in [5.41, 5.74) is 5.03. The second-order valence-electron chi connectivity index (χ2n) is 3.56. The molecular formula is C11H12F3NO4. The van der Waals surface area contributed by atoms with E-state index < -0.39 is 36.3 Å². The van der Waals surface area contributed by atoms with E-state index in [4.69, 9.17) is 5.73 Å². The molecule has 5 nitrogen and oxygen atoms in total. The highest BCUT2D eigenvalue weighted by Crippen LogP contribution is 2.24. The van der Waals surface area contributed by atoms with Crippen LogP contribution in [0.5, 0.6) is 5.75 Å². The van der Waals surface area contributed by atoms with Crippen molar-refractivity contribution in [3.05, 3.63) is 29.6 Å². The van der Waals surface area contributed by atoms with Crippen LogP contribution >= 0.6 is 0 Å². The van der Waals surface area contributed by atoms with Gasteiger partial charge in [0.25, 0.3) is 0 Å². The fourth-order valence-corrected chi connectivity index (χ4v) is 1.38. The molecule has 1 aromatic carbocycles. The molecule has 0 spiro atoms. The summed E-state index contributed by atoms with van der Waals surface area (Å²) in [6.07, 6.45) is -1.66. The van der Waals surface area contributed by atoms with Crippen LogP contribution in [-0.2, 0) is 9.53 Å². The van der Waals surface area contributed by atoms with E-state index in [2.05, 4.69) is 9.47 Å². The third kappa shape index (κ3) is 3.83. The van der Waals surface area contributed by atoms with E-state index in [1.54, 1.807) is 0 Å². The molecule has 0 heterocycles. The van der Waals surface area contributed by atoms with E-state index in [1.807, 2.05) is 0 Å². The Hall–Kier alpha value is -1.80. The molecule has 0 aliphatic heterocycles. The van der Waals surface area contributed by atoms with Crippen LogP contribution in [0.1, 0.15) is 11.7 Å². The summed E-state index contributed by atoms with van der Waals surface area (Å²) >= 11 is 0. The van der Waals surface area contributed by atoms with Gasteiger partial charge in [-0.15, -0.1) is 0 Å². The minimum absolute atomic E-state index is 0.320. The number of halogens is 3. The number of aliphatic hydroxyl groups excluding tert-OH is 1. The van der Waals surface area contributed by atoms with Gasteiger partial charge < -0.3 is 20.3 Å². The predicted octanol–water partition coefficient (Wildman–Crippen LogP) is 0.961. The summed E-state index contributed by atoms with van der Waals surface area (Å²) < 4.78 is 45.7. The number of aliphatic hydroxyl groups is 1. The van der Waals surface area contributed by atoms with Gasteiger partial charge in [0.2, 0.25) is 0 Å². The number of alkyl halides is 2. The second-order valence-corrected chi connectivity index (χ2v) is 3.56. The van der Waals surface area contributed by atoms with Crippen molar-refractivity contribution in [1.82, 2.24) is 0 Å². The maximum atomic E-state index is 13.6. The lowest BCUT2D eigenvalue weighted by Crippen LogP contribution is -2.38. The molecular weight excluding hydrogens is 267 g/mol. The van der Waals surface area contributed by atoms with Crippen LogP contribution in [0.15, 0.2) is 18.2 Å². The SMILES string of the molecule is COC(=O)[C@@H](N)[C@H](O)c1ccc(OC(F)F)cc1F. The van der Waals surface area contributed by atoms with Crippen molar-refractivity contribution in [3.63, 3.8) is 0 Å². The van der Waals surface area contributed by atoms with Crippen molar-refractivity contribution in [2.24, 2.45) is 5.73 Å². The normalized spacial score (nSPS) is 14.1. The quantitative estimate of drug-likeness (QED) is 0.785. The van der Waals surface area contributed by atoms with Crippen LogP contribution in [0, 0.1) is 5.82 Å². The molecule has 8 heteroatoms. The monoisotopic (exact) mass is 279 g/mol. The van der Waals surface area contributed by atoms with Crippen molar-refractivity contribution in [3.8, 4) is 5.75 Å². The third-order valence-corrected chi connectivity index (χ3v) is 2.33. The van der Waals surface area contributed by atoms with Crippen molar-refractivity contribution < 1.29 is 32.5 Å². The van der Waals surface area contributed by atoms with Crippen molar-refractivity contribution in [2.75, 3.05) is 7.11 Å². The smallest absolute Gasteiger partial charge is 0.387 e. The van der Waals surface area contributed by atoms with Gasteiger partial charge in [-0.05, 0) is 12.1 Å². The molecule has 2 atom stereocenters. The van der Waals surface area contributed by atoms with Crippen molar-refractivity contribution >= 4 is 5.97 Å². The summed E-state index contributed by atoms with van der Waals surface area (Å²) in [7, 11) is 1.06. The fraction of sp³-hybridized carbons (Fsp3) is 0.364. The lowest BCUT2D eigenvalue weighted by Gasteiger charge is -2.18. The average molecular weight is 279 g/mol. The number of ether oxygens (including phenoxy) is 2. The Morgan fingerprint density at radius 1 is 1.42 bits per heavy atom. The molecule has 0 saturated heterocycles. The van der Waals surface area contributed by atoms with Crippen LogP contribution in [0.3, 0.4) is 0 Å². The molecule has 0 saturated carbocycles. The lowest BCUT2D eigenvalue weighted by molar-refractivity contribution is -0.145. The molecule has 19 heavy (non-hydrogen) atoms. The van der Waals surface area contributed by atoms with Gasteiger partial charge in [0.05, 0.1) is 7.11 Å². The van der Waals surface area contributed by atoms with E-state index in [9.17, 15) is 23.1 Å². The molecule has 0 fully saturated rings. The van der Waals surface area contributed by atoms with Crippen LogP contribution in [0.4, 0.5) is 13.2 Å². The number of hydrogen-bond donors (Lipinski definition) is 2.